The van der Waals surface area contributed by atoms with Gasteiger partial charge in [-0.3, -0.25) is 4.72 Å². The summed E-state index contributed by atoms with van der Waals surface area (Å²) in [5.74, 6) is 0.167. The number of hydrogen-bond acceptors (Lipinski definition) is 3. The molecule has 0 aliphatic heterocycles. The maximum absolute atomic E-state index is 11.5. The van der Waals surface area contributed by atoms with Gasteiger partial charge in [0.15, 0.2) is 0 Å². The zero-order chi connectivity index (χ0) is 11.3. The zero-order valence-corrected chi connectivity index (χ0v) is 10.3. The van der Waals surface area contributed by atoms with Gasteiger partial charge in [0.25, 0.3) is 0 Å². The minimum absolute atomic E-state index is 0.167. The summed E-state index contributed by atoms with van der Waals surface area (Å²) >= 11 is 4.14. The van der Waals surface area contributed by atoms with Crippen LogP contribution in [-0.4, -0.2) is 14.2 Å². The van der Waals surface area contributed by atoms with E-state index in [9.17, 15) is 8.42 Å². The van der Waals surface area contributed by atoms with Gasteiger partial charge in [-0.1, -0.05) is 19.4 Å². The number of thiol groups is 1. The Morgan fingerprint density at radius 2 is 2.13 bits per heavy atom. The lowest BCUT2D eigenvalue weighted by Gasteiger charge is -2.07. The van der Waals surface area contributed by atoms with Crippen molar-refractivity contribution in [3.63, 3.8) is 0 Å². The van der Waals surface area contributed by atoms with E-state index in [1.54, 1.807) is 24.3 Å². The second-order valence-corrected chi connectivity index (χ2v) is 5.68. The van der Waals surface area contributed by atoms with E-state index in [2.05, 4.69) is 17.4 Å². The Morgan fingerprint density at radius 3 is 2.73 bits per heavy atom. The van der Waals surface area contributed by atoms with E-state index in [1.807, 2.05) is 6.92 Å². The van der Waals surface area contributed by atoms with Crippen molar-refractivity contribution in [2.24, 2.45) is 0 Å². The molecule has 0 spiro atoms. The molecule has 0 unspecified atom stereocenters. The second-order valence-electron chi connectivity index (χ2n) is 3.32. The molecule has 0 radical (unpaired) electrons. The third-order valence-electron chi connectivity index (χ3n) is 1.89. The highest BCUT2D eigenvalue weighted by Gasteiger charge is 2.08. The van der Waals surface area contributed by atoms with E-state index in [0.29, 0.717) is 12.1 Å². The standard InChI is InChI=1S/C10H15NO2S2/c1-2-3-7-15(12,13)11-9-5-4-6-10(14)8-9/h4-6,8,11,14H,2-3,7H2,1H3. The molecule has 84 valence electrons. The molecular weight excluding hydrogens is 230 g/mol. The van der Waals surface area contributed by atoms with Gasteiger partial charge >= 0.3 is 0 Å². The van der Waals surface area contributed by atoms with E-state index in [-0.39, 0.29) is 5.75 Å². The van der Waals surface area contributed by atoms with E-state index in [0.717, 1.165) is 11.3 Å². The monoisotopic (exact) mass is 245 g/mol. The topological polar surface area (TPSA) is 46.2 Å². The average Bonchev–Trinajstić information content (AvgIpc) is 2.14. The summed E-state index contributed by atoms with van der Waals surface area (Å²) in [6, 6.07) is 6.96. The highest BCUT2D eigenvalue weighted by Crippen LogP contribution is 2.15. The van der Waals surface area contributed by atoms with E-state index in [1.165, 1.54) is 0 Å². The summed E-state index contributed by atoms with van der Waals surface area (Å²) in [4.78, 5) is 0.741. The molecule has 0 aliphatic rings. The summed E-state index contributed by atoms with van der Waals surface area (Å²) in [6.45, 7) is 1.96. The smallest absolute Gasteiger partial charge is 0.232 e. The minimum atomic E-state index is -3.20. The Bertz CT molecular complexity index is 415. The van der Waals surface area contributed by atoms with Crippen LogP contribution in [0, 0.1) is 0 Å². The first-order valence-corrected chi connectivity index (χ1v) is 6.93. The molecule has 1 rings (SSSR count). The second kappa shape index (κ2) is 5.42. The van der Waals surface area contributed by atoms with Gasteiger partial charge in [0.05, 0.1) is 5.75 Å². The van der Waals surface area contributed by atoms with Gasteiger partial charge in [0.2, 0.25) is 10.0 Å². The van der Waals surface area contributed by atoms with Crippen LogP contribution in [0.5, 0.6) is 0 Å². The summed E-state index contributed by atoms with van der Waals surface area (Å²) in [5.41, 5.74) is 0.568. The lowest BCUT2D eigenvalue weighted by atomic mass is 10.3. The van der Waals surface area contributed by atoms with Crippen LogP contribution in [0.4, 0.5) is 5.69 Å². The van der Waals surface area contributed by atoms with Crippen molar-refractivity contribution in [3.8, 4) is 0 Å². The highest BCUT2D eigenvalue weighted by atomic mass is 32.2. The van der Waals surface area contributed by atoms with Crippen LogP contribution in [-0.2, 0) is 10.0 Å². The van der Waals surface area contributed by atoms with Crippen LogP contribution in [0.15, 0.2) is 29.2 Å². The van der Waals surface area contributed by atoms with E-state index >= 15 is 0 Å². The number of rotatable bonds is 5. The SMILES string of the molecule is CCCCS(=O)(=O)Nc1cccc(S)c1. The van der Waals surface area contributed by atoms with Crippen molar-refractivity contribution in [2.45, 2.75) is 24.7 Å². The molecule has 0 amide bonds. The van der Waals surface area contributed by atoms with Crippen LogP contribution in [0.3, 0.4) is 0 Å². The van der Waals surface area contributed by atoms with Crippen LogP contribution >= 0.6 is 12.6 Å². The molecule has 1 aromatic rings. The molecular formula is C10H15NO2S2. The number of unbranched alkanes of at least 4 members (excludes halogenated alkanes) is 1. The number of sulfonamides is 1. The molecule has 0 saturated carbocycles. The van der Waals surface area contributed by atoms with Crippen molar-refractivity contribution < 1.29 is 8.42 Å². The molecule has 1 N–H and O–H groups in total. The van der Waals surface area contributed by atoms with Crippen LogP contribution in [0.1, 0.15) is 19.8 Å². The van der Waals surface area contributed by atoms with Gasteiger partial charge in [0, 0.05) is 10.6 Å². The molecule has 3 nitrogen and oxygen atoms in total. The Labute approximate surface area is 96.4 Å². The van der Waals surface area contributed by atoms with E-state index < -0.39 is 10.0 Å². The molecule has 0 saturated heterocycles. The van der Waals surface area contributed by atoms with Gasteiger partial charge < -0.3 is 0 Å². The predicted molar refractivity (Wildman–Crippen MR) is 66.0 cm³/mol. The first-order valence-electron chi connectivity index (χ1n) is 4.83. The van der Waals surface area contributed by atoms with Crippen molar-refractivity contribution in [3.05, 3.63) is 24.3 Å². The van der Waals surface area contributed by atoms with Gasteiger partial charge in [-0.2, -0.15) is 0 Å². The zero-order valence-electron chi connectivity index (χ0n) is 8.60. The molecule has 0 aromatic heterocycles. The maximum Gasteiger partial charge on any atom is 0.232 e. The lowest BCUT2D eigenvalue weighted by Crippen LogP contribution is -2.16. The molecule has 0 fully saturated rings. The number of hydrogen-bond donors (Lipinski definition) is 2. The fraction of sp³-hybridized carbons (Fsp3) is 0.400. The number of benzene rings is 1. The fourth-order valence-corrected chi connectivity index (χ4v) is 2.62. The Kier molecular flexibility index (Phi) is 4.47. The van der Waals surface area contributed by atoms with Crippen molar-refractivity contribution in [1.82, 2.24) is 0 Å². The Balaban J connectivity index is 2.69. The van der Waals surface area contributed by atoms with Gasteiger partial charge in [0.1, 0.15) is 0 Å². The summed E-state index contributed by atoms with van der Waals surface area (Å²) in [5, 5.41) is 0. The number of nitrogens with one attached hydrogen (secondary N) is 1. The fourth-order valence-electron chi connectivity index (χ4n) is 1.13. The van der Waals surface area contributed by atoms with Crippen molar-refractivity contribution >= 4 is 28.3 Å². The van der Waals surface area contributed by atoms with E-state index in [4.69, 9.17) is 0 Å². The maximum atomic E-state index is 11.5. The largest absolute Gasteiger partial charge is 0.284 e. The van der Waals surface area contributed by atoms with Crippen molar-refractivity contribution in [1.29, 1.82) is 0 Å². The first kappa shape index (κ1) is 12.4. The Hall–Kier alpha value is -0.680. The van der Waals surface area contributed by atoms with Gasteiger partial charge in [-0.25, -0.2) is 8.42 Å². The van der Waals surface area contributed by atoms with Crippen molar-refractivity contribution in [2.75, 3.05) is 10.5 Å². The van der Waals surface area contributed by atoms with Crippen LogP contribution in [0.25, 0.3) is 0 Å². The molecule has 0 aliphatic carbocycles. The van der Waals surface area contributed by atoms with Crippen LogP contribution in [0.2, 0.25) is 0 Å². The predicted octanol–water partition coefficient (Wildman–Crippen LogP) is 2.52. The quantitative estimate of drug-likeness (QED) is 0.783. The summed E-state index contributed by atoms with van der Waals surface area (Å²) < 4.78 is 25.6. The van der Waals surface area contributed by atoms with Gasteiger partial charge in [-0.15, -0.1) is 12.6 Å². The number of anilines is 1. The minimum Gasteiger partial charge on any atom is -0.284 e. The summed E-state index contributed by atoms with van der Waals surface area (Å²) in [7, 11) is -3.20. The molecule has 0 heterocycles. The normalized spacial score (nSPS) is 11.3. The first-order chi connectivity index (χ1) is 7.03. The Morgan fingerprint density at radius 1 is 1.40 bits per heavy atom. The molecule has 0 bridgehead atoms. The van der Waals surface area contributed by atoms with Crippen LogP contribution < -0.4 is 4.72 Å². The van der Waals surface area contributed by atoms with Gasteiger partial charge in [-0.05, 0) is 24.6 Å². The molecule has 0 atom stereocenters. The third kappa shape index (κ3) is 4.57. The summed E-state index contributed by atoms with van der Waals surface area (Å²) in [6.07, 6.45) is 1.55. The molecule has 1 aromatic carbocycles. The average molecular weight is 245 g/mol. The molecule has 5 heteroatoms. The third-order valence-corrected chi connectivity index (χ3v) is 3.54. The lowest BCUT2D eigenvalue weighted by molar-refractivity contribution is 0.598. The molecule has 15 heavy (non-hydrogen) atoms. The highest BCUT2D eigenvalue weighted by molar-refractivity contribution is 7.92.